The molecular formula is C22H29BrN4O3. The van der Waals surface area contributed by atoms with Crippen molar-refractivity contribution in [3.8, 4) is 0 Å². The van der Waals surface area contributed by atoms with Gasteiger partial charge in [0.1, 0.15) is 17.1 Å². The number of halogens is 1. The van der Waals surface area contributed by atoms with Gasteiger partial charge in [-0.2, -0.15) is 0 Å². The molecule has 30 heavy (non-hydrogen) atoms. The number of rotatable bonds is 4. The Morgan fingerprint density at radius 1 is 1.27 bits per heavy atom. The number of aromatic nitrogens is 2. The van der Waals surface area contributed by atoms with E-state index in [1.807, 2.05) is 39.8 Å². The quantitative estimate of drug-likeness (QED) is 0.652. The third kappa shape index (κ3) is 5.78. The summed E-state index contributed by atoms with van der Waals surface area (Å²) in [7, 11) is 0. The second-order valence-corrected chi connectivity index (χ2v) is 9.32. The Bertz CT molecular complexity index is 941. The second-order valence-electron chi connectivity index (χ2n) is 8.40. The number of ether oxygens (including phenoxy) is 1. The van der Waals surface area contributed by atoms with Gasteiger partial charge in [0, 0.05) is 42.5 Å². The van der Waals surface area contributed by atoms with Crippen molar-refractivity contribution >= 4 is 33.6 Å². The molecule has 0 saturated carbocycles. The third-order valence-corrected chi connectivity index (χ3v) is 5.24. The van der Waals surface area contributed by atoms with E-state index in [2.05, 4.69) is 36.1 Å². The first-order valence-corrected chi connectivity index (χ1v) is 10.8. The van der Waals surface area contributed by atoms with Gasteiger partial charge in [-0.1, -0.05) is 6.07 Å². The molecule has 0 aliphatic carbocycles. The summed E-state index contributed by atoms with van der Waals surface area (Å²) in [6.07, 6.45) is 2.86. The van der Waals surface area contributed by atoms with Gasteiger partial charge in [-0.3, -0.25) is 9.78 Å². The molecule has 0 spiro atoms. The summed E-state index contributed by atoms with van der Waals surface area (Å²) >= 11 is 3.37. The van der Waals surface area contributed by atoms with Gasteiger partial charge in [-0.25, -0.2) is 9.78 Å². The molecule has 3 heterocycles. The average Bonchev–Trinajstić information content (AvgIpc) is 2.68. The van der Waals surface area contributed by atoms with E-state index in [1.54, 1.807) is 18.3 Å². The van der Waals surface area contributed by atoms with Gasteiger partial charge in [0.2, 0.25) is 5.78 Å². The van der Waals surface area contributed by atoms with E-state index in [0.717, 1.165) is 36.2 Å². The van der Waals surface area contributed by atoms with Crippen LogP contribution in [0.2, 0.25) is 0 Å². The number of pyridine rings is 2. The molecule has 0 atom stereocenters. The molecule has 0 bridgehead atoms. The smallest absolute Gasteiger partial charge is 0.407 e. The van der Waals surface area contributed by atoms with Crippen LogP contribution in [0.4, 0.5) is 10.6 Å². The highest BCUT2D eigenvalue weighted by Crippen LogP contribution is 2.21. The van der Waals surface area contributed by atoms with Crippen LogP contribution in [-0.4, -0.2) is 46.6 Å². The third-order valence-electron chi connectivity index (χ3n) is 4.81. The number of anilines is 1. The fraction of sp³-hybridized carbons (Fsp3) is 0.455. The van der Waals surface area contributed by atoms with Crippen LogP contribution in [0, 0.1) is 6.92 Å². The Balaban J connectivity index is 0.00000341. The summed E-state index contributed by atoms with van der Waals surface area (Å²) in [5.41, 5.74) is 1.09. The lowest BCUT2D eigenvalue weighted by Gasteiger charge is -2.33. The number of nitrogens with one attached hydrogen (secondary N) is 1. The van der Waals surface area contributed by atoms with E-state index in [-0.39, 0.29) is 19.3 Å². The maximum absolute atomic E-state index is 12.9. The van der Waals surface area contributed by atoms with Crippen molar-refractivity contribution in [2.45, 2.75) is 52.2 Å². The number of carbonyl (C=O) groups excluding carboxylic acids is 2. The molecule has 1 fully saturated rings. The van der Waals surface area contributed by atoms with E-state index in [1.165, 1.54) is 0 Å². The molecule has 162 valence electrons. The van der Waals surface area contributed by atoms with Crippen molar-refractivity contribution in [3.63, 3.8) is 0 Å². The summed E-state index contributed by atoms with van der Waals surface area (Å²) in [5.74, 6) is 0.613. The van der Waals surface area contributed by atoms with Gasteiger partial charge < -0.3 is 15.0 Å². The fourth-order valence-corrected chi connectivity index (χ4v) is 3.66. The van der Waals surface area contributed by atoms with Gasteiger partial charge in [-0.15, -0.1) is 0 Å². The Hall–Kier alpha value is -2.48. The Morgan fingerprint density at radius 2 is 1.97 bits per heavy atom. The number of amides is 1. The lowest BCUT2D eigenvalue weighted by molar-refractivity contribution is 0.0497. The van der Waals surface area contributed by atoms with Crippen LogP contribution in [0.25, 0.3) is 0 Å². The zero-order chi connectivity index (χ0) is 21.9. The minimum atomic E-state index is -0.510. The molecule has 0 radical (unpaired) electrons. The summed E-state index contributed by atoms with van der Waals surface area (Å²) in [6.45, 7) is 8.83. The predicted molar refractivity (Wildman–Crippen MR) is 121 cm³/mol. The molecule has 1 aliphatic heterocycles. The molecule has 1 saturated heterocycles. The predicted octanol–water partition coefficient (Wildman–Crippen LogP) is 4.52. The van der Waals surface area contributed by atoms with Gasteiger partial charge >= 0.3 is 6.09 Å². The Morgan fingerprint density at radius 3 is 2.63 bits per heavy atom. The molecule has 1 amide bonds. The van der Waals surface area contributed by atoms with Gasteiger partial charge in [0.05, 0.1) is 0 Å². The highest BCUT2D eigenvalue weighted by atomic mass is 79.9. The van der Waals surface area contributed by atoms with Gasteiger partial charge in [-0.05, 0) is 74.7 Å². The molecule has 8 heteroatoms. The molecule has 1 N–H and O–H groups in total. The lowest BCUT2D eigenvalue weighted by atomic mass is 10.0. The van der Waals surface area contributed by atoms with Gasteiger partial charge in [0.15, 0.2) is 0 Å². The van der Waals surface area contributed by atoms with Crippen molar-refractivity contribution < 1.29 is 15.8 Å². The first-order valence-electron chi connectivity index (χ1n) is 10.0. The van der Waals surface area contributed by atoms with E-state index >= 15 is 0 Å². The molecule has 2 aromatic rings. The maximum Gasteiger partial charge on any atom is 0.407 e. The van der Waals surface area contributed by atoms with Crippen molar-refractivity contribution in [1.82, 2.24) is 15.3 Å². The molecule has 0 unspecified atom stereocenters. The summed E-state index contributed by atoms with van der Waals surface area (Å²) in [4.78, 5) is 35.9. The topological polar surface area (TPSA) is 84.4 Å². The normalized spacial score (nSPS) is 15.0. The lowest BCUT2D eigenvalue weighted by Crippen LogP contribution is -2.46. The zero-order valence-corrected chi connectivity index (χ0v) is 19.3. The van der Waals surface area contributed by atoms with Crippen LogP contribution in [0.5, 0.6) is 0 Å². The average molecular weight is 477 g/mol. The standard InChI is InChI=1S/C22H27BrN4O3.H2/c1-14-17(12-15(23)13-24-14)20(28)18-6-5-7-19(26-18)27-10-8-16(9-11-27)25-21(29)30-22(2,3)4;/h5-7,12-13,16H,8-11H2,1-4H3,(H,25,29);1H. The second kappa shape index (κ2) is 9.12. The summed E-state index contributed by atoms with van der Waals surface area (Å²) in [6, 6.07) is 7.32. The number of nitrogens with zero attached hydrogens (tertiary/aromatic N) is 3. The molecule has 0 aromatic carbocycles. The highest BCUT2D eigenvalue weighted by Gasteiger charge is 2.25. The van der Waals surface area contributed by atoms with Crippen LogP contribution >= 0.6 is 15.9 Å². The number of alkyl carbamates (subject to hydrolysis) is 1. The van der Waals surface area contributed by atoms with Crippen molar-refractivity contribution in [1.29, 1.82) is 0 Å². The highest BCUT2D eigenvalue weighted by molar-refractivity contribution is 9.10. The van der Waals surface area contributed by atoms with E-state index < -0.39 is 5.60 Å². The van der Waals surface area contributed by atoms with E-state index in [9.17, 15) is 9.59 Å². The zero-order valence-electron chi connectivity index (χ0n) is 17.7. The summed E-state index contributed by atoms with van der Waals surface area (Å²) < 4.78 is 6.09. The number of piperidine rings is 1. The molecule has 3 rings (SSSR count). The number of hydrogen-bond acceptors (Lipinski definition) is 6. The molecule has 1 aliphatic rings. The molecule has 7 nitrogen and oxygen atoms in total. The maximum atomic E-state index is 12.9. The first kappa shape index (κ1) is 22.2. The van der Waals surface area contributed by atoms with E-state index in [4.69, 9.17) is 4.74 Å². The van der Waals surface area contributed by atoms with Gasteiger partial charge in [0.25, 0.3) is 0 Å². The van der Waals surface area contributed by atoms with Crippen LogP contribution in [-0.2, 0) is 4.74 Å². The van der Waals surface area contributed by atoms with Crippen molar-refractivity contribution in [3.05, 3.63) is 51.9 Å². The SMILES string of the molecule is Cc1ncc(Br)cc1C(=O)c1cccc(N2CCC(NC(=O)OC(C)(C)C)CC2)n1.[HH]. The van der Waals surface area contributed by atoms with Crippen molar-refractivity contribution in [2.75, 3.05) is 18.0 Å². The fourth-order valence-electron chi connectivity index (χ4n) is 3.33. The van der Waals surface area contributed by atoms with E-state index in [0.29, 0.717) is 17.0 Å². The number of aryl methyl sites for hydroxylation is 1. The number of hydrogen-bond donors (Lipinski definition) is 1. The number of ketones is 1. The minimum Gasteiger partial charge on any atom is -0.444 e. The Labute approximate surface area is 186 Å². The van der Waals surface area contributed by atoms with Crippen LogP contribution in [0.1, 0.15) is 56.8 Å². The van der Waals surface area contributed by atoms with Crippen LogP contribution in [0.3, 0.4) is 0 Å². The molecular weight excluding hydrogens is 448 g/mol. The van der Waals surface area contributed by atoms with Crippen LogP contribution < -0.4 is 10.2 Å². The van der Waals surface area contributed by atoms with Crippen molar-refractivity contribution in [2.24, 2.45) is 0 Å². The van der Waals surface area contributed by atoms with Crippen LogP contribution in [0.15, 0.2) is 34.9 Å². The summed E-state index contributed by atoms with van der Waals surface area (Å²) in [5, 5.41) is 2.94. The number of carbonyl (C=O) groups is 2. The largest absolute Gasteiger partial charge is 0.444 e. The first-order chi connectivity index (χ1) is 14.1. The Kier molecular flexibility index (Phi) is 6.75. The molecule has 2 aromatic heterocycles. The minimum absolute atomic E-state index is 0. The monoisotopic (exact) mass is 476 g/mol.